The van der Waals surface area contributed by atoms with Gasteiger partial charge in [-0.05, 0) is 43.7 Å². The Morgan fingerprint density at radius 2 is 1.49 bits per heavy atom. The lowest BCUT2D eigenvalue weighted by Crippen LogP contribution is -2.17. The minimum Gasteiger partial charge on any atom is -0.422 e. The third-order valence-corrected chi connectivity index (χ3v) is 6.36. The van der Waals surface area contributed by atoms with Crippen molar-refractivity contribution in [3.63, 3.8) is 0 Å². The molecule has 1 amide bonds. The summed E-state index contributed by atoms with van der Waals surface area (Å²) >= 11 is 3.43. The largest absolute Gasteiger partial charge is 0.422 e. The Labute approximate surface area is 218 Å². The van der Waals surface area contributed by atoms with Crippen LogP contribution in [-0.2, 0) is 4.79 Å². The minimum absolute atomic E-state index is 0.106. The summed E-state index contributed by atoms with van der Waals surface area (Å²) in [5.41, 5.74) is 4.72. The molecule has 0 aliphatic rings. The molecule has 0 aliphatic heterocycles. The van der Waals surface area contributed by atoms with E-state index in [0.717, 1.165) is 22.9 Å². The average Bonchev–Trinajstić information content (AvgIpc) is 2.84. The van der Waals surface area contributed by atoms with Gasteiger partial charge in [0, 0.05) is 16.5 Å². The second kappa shape index (κ2) is 17.0. The van der Waals surface area contributed by atoms with Crippen LogP contribution < -0.4 is 10.2 Å². The summed E-state index contributed by atoms with van der Waals surface area (Å²) in [5, 5.41) is 4.07. The summed E-state index contributed by atoms with van der Waals surface area (Å²) in [5.74, 6) is -0.171. The van der Waals surface area contributed by atoms with Crippen LogP contribution in [0.4, 0.5) is 0 Å². The predicted molar refractivity (Wildman–Crippen MR) is 147 cm³/mol. The van der Waals surface area contributed by atoms with Gasteiger partial charge in [-0.2, -0.15) is 5.10 Å². The molecule has 0 unspecified atom stereocenters. The lowest BCUT2D eigenvalue weighted by atomic mass is 10.1. The number of carbonyl (C=O) groups is 2. The topological polar surface area (TPSA) is 67.8 Å². The highest BCUT2D eigenvalue weighted by atomic mass is 79.9. The van der Waals surface area contributed by atoms with Crippen molar-refractivity contribution in [2.45, 2.75) is 90.9 Å². The maximum atomic E-state index is 12.5. The van der Waals surface area contributed by atoms with Crippen molar-refractivity contribution in [3.05, 3.63) is 63.6 Å². The van der Waals surface area contributed by atoms with Crippen LogP contribution in [-0.4, -0.2) is 18.1 Å². The summed E-state index contributed by atoms with van der Waals surface area (Å²) in [7, 11) is 0. The number of benzene rings is 2. The molecular formula is C29H39BrN2O3. The molecule has 5 nitrogen and oxygen atoms in total. The van der Waals surface area contributed by atoms with Crippen molar-refractivity contribution in [1.82, 2.24) is 5.43 Å². The number of hydrazone groups is 1. The molecule has 0 aromatic heterocycles. The molecule has 0 aliphatic carbocycles. The van der Waals surface area contributed by atoms with Crippen molar-refractivity contribution in [2.75, 3.05) is 0 Å². The lowest BCUT2D eigenvalue weighted by molar-refractivity contribution is -0.121. The molecule has 6 heteroatoms. The van der Waals surface area contributed by atoms with Crippen LogP contribution in [0, 0.1) is 6.92 Å². The summed E-state index contributed by atoms with van der Waals surface area (Å²) in [6, 6.07) is 12.5. The minimum atomic E-state index is -0.442. The van der Waals surface area contributed by atoms with Crippen molar-refractivity contribution in [3.8, 4) is 5.75 Å². The van der Waals surface area contributed by atoms with Gasteiger partial charge in [0.15, 0.2) is 0 Å². The number of halogens is 1. The fourth-order valence-corrected chi connectivity index (χ4v) is 4.12. The third-order valence-electron chi connectivity index (χ3n) is 5.86. The second-order valence-corrected chi connectivity index (χ2v) is 9.93. The Kier molecular flexibility index (Phi) is 14.0. The third kappa shape index (κ3) is 12.2. The van der Waals surface area contributed by atoms with Gasteiger partial charge in [-0.25, -0.2) is 10.2 Å². The second-order valence-electron chi connectivity index (χ2n) is 9.02. The maximum absolute atomic E-state index is 12.5. The first-order chi connectivity index (χ1) is 17.0. The van der Waals surface area contributed by atoms with E-state index >= 15 is 0 Å². The number of aryl methyl sites for hydroxylation is 1. The first-order valence-corrected chi connectivity index (χ1v) is 13.7. The van der Waals surface area contributed by atoms with Crippen molar-refractivity contribution in [1.29, 1.82) is 0 Å². The summed E-state index contributed by atoms with van der Waals surface area (Å²) in [6.45, 7) is 4.21. The number of hydrogen-bond donors (Lipinski definition) is 1. The Bertz CT molecular complexity index is 941. The zero-order valence-electron chi connectivity index (χ0n) is 21.2. The molecule has 0 atom stereocenters. The van der Waals surface area contributed by atoms with E-state index in [1.807, 2.05) is 19.1 Å². The van der Waals surface area contributed by atoms with E-state index in [0.29, 0.717) is 23.3 Å². The number of hydrogen-bond acceptors (Lipinski definition) is 4. The van der Waals surface area contributed by atoms with E-state index in [9.17, 15) is 9.59 Å². The molecule has 0 saturated carbocycles. The number of amides is 1. The molecule has 0 saturated heterocycles. The van der Waals surface area contributed by atoms with Gasteiger partial charge in [-0.3, -0.25) is 4.79 Å². The maximum Gasteiger partial charge on any atom is 0.343 e. The highest BCUT2D eigenvalue weighted by Crippen LogP contribution is 2.23. The molecule has 2 rings (SSSR count). The monoisotopic (exact) mass is 542 g/mol. The molecule has 0 heterocycles. The first-order valence-electron chi connectivity index (χ1n) is 12.9. The smallest absolute Gasteiger partial charge is 0.343 e. The van der Waals surface area contributed by atoms with Gasteiger partial charge in [0.05, 0.1) is 11.8 Å². The molecule has 35 heavy (non-hydrogen) atoms. The molecule has 2 aromatic rings. The molecule has 190 valence electrons. The van der Waals surface area contributed by atoms with Crippen LogP contribution >= 0.6 is 15.9 Å². The number of nitrogens with zero attached hydrogens (tertiary/aromatic N) is 1. The van der Waals surface area contributed by atoms with Gasteiger partial charge in [-0.15, -0.1) is 0 Å². The molecule has 0 bridgehead atoms. The van der Waals surface area contributed by atoms with Gasteiger partial charge in [0.25, 0.3) is 0 Å². The number of esters is 1. The molecule has 1 N–H and O–H groups in total. The normalized spacial score (nSPS) is 11.1. The van der Waals surface area contributed by atoms with Crippen LogP contribution in [0.5, 0.6) is 5.75 Å². The molecule has 2 aromatic carbocycles. The fourth-order valence-electron chi connectivity index (χ4n) is 3.74. The van der Waals surface area contributed by atoms with E-state index < -0.39 is 5.97 Å². The molecular weight excluding hydrogens is 504 g/mol. The SMILES string of the molecule is CCCCCCCCCCCCCC(=O)N/N=C/c1cc(Br)ccc1OC(=O)c1ccc(C)cc1. The standard InChI is InChI=1S/C29H39BrN2O3/c1-3-4-5-6-7-8-9-10-11-12-13-14-28(33)32-31-22-25-21-26(30)19-20-27(25)35-29(34)24-17-15-23(2)16-18-24/h15-22H,3-14H2,1-2H3,(H,32,33)/b31-22+. The van der Waals surface area contributed by atoms with Crippen LogP contribution in [0.3, 0.4) is 0 Å². The number of carbonyl (C=O) groups excluding carboxylic acids is 2. The van der Waals surface area contributed by atoms with E-state index in [1.165, 1.54) is 64.0 Å². The van der Waals surface area contributed by atoms with Gasteiger partial charge >= 0.3 is 5.97 Å². The molecule has 0 radical (unpaired) electrons. The predicted octanol–water partition coefficient (Wildman–Crippen LogP) is 8.13. The summed E-state index contributed by atoms with van der Waals surface area (Å²) < 4.78 is 6.39. The zero-order chi connectivity index (χ0) is 25.3. The van der Waals surface area contributed by atoms with Crippen LogP contribution in [0.1, 0.15) is 105 Å². The first kappa shape index (κ1) is 28.8. The Balaban J connectivity index is 1.69. The number of rotatable bonds is 16. The van der Waals surface area contributed by atoms with Crippen LogP contribution in [0.25, 0.3) is 0 Å². The Morgan fingerprint density at radius 3 is 2.11 bits per heavy atom. The van der Waals surface area contributed by atoms with Gasteiger partial charge in [0.1, 0.15) is 5.75 Å². The number of unbranched alkanes of at least 4 members (excludes halogenated alkanes) is 10. The van der Waals surface area contributed by atoms with Crippen molar-refractivity contribution < 1.29 is 14.3 Å². The van der Waals surface area contributed by atoms with Gasteiger partial charge in [-0.1, -0.05) is 105 Å². The van der Waals surface area contributed by atoms with E-state index in [4.69, 9.17) is 4.74 Å². The summed E-state index contributed by atoms with van der Waals surface area (Å²) in [6.07, 6.45) is 15.7. The molecule has 0 spiro atoms. The van der Waals surface area contributed by atoms with Crippen LogP contribution in [0.2, 0.25) is 0 Å². The van der Waals surface area contributed by atoms with Crippen molar-refractivity contribution in [2.24, 2.45) is 5.10 Å². The summed E-state index contributed by atoms with van der Waals surface area (Å²) in [4.78, 5) is 24.6. The van der Waals surface area contributed by atoms with E-state index in [-0.39, 0.29) is 5.91 Å². The number of nitrogens with one attached hydrogen (secondary N) is 1. The highest BCUT2D eigenvalue weighted by molar-refractivity contribution is 9.10. The van der Waals surface area contributed by atoms with E-state index in [1.54, 1.807) is 30.3 Å². The Morgan fingerprint density at radius 1 is 0.886 bits per heavy atom. The fraction of sp³-hybridized carbons (Fsp3) is 0.483. The zero-order valence-corrected chi connectivity index (χ0v) is 22.7. The average molecular weight is 544 g/mol. The Hall–Kier alpha value is -2.47. The quantitative estimate of drug-likeness (QED) is 0.0764. The molecule has 0 fully saturated rings. The van der Waals surface area contributed by atoms with Crippen LogP contribution in [0.15, 0.2) is 52.0 Å². The lowest BCUT2D eigenvalue weighted by Gasteiger charge is -2.08. The number of ether oxygens (including phenoxy) is 1. The van der Waals surface area contributed by atoms with Crippen molar-refractivity contribution >= 4 is 34.0 Å². The van der Waals surface area contributed by atoms with Gasteiger partial charge < -0.3 is 4.74 Å². The van der Waals surface area contributed by atoms with E-state index in [2.05, 4.69) is 33.4 Å². The van der Waals surface area contributed by atoms with Gasteiger partial charge in [0.2, 0.25) is 5.91 Å². The highest BCUT2D eigenvalue weighted by Gasteiger charge is 2.11.